The summed E-state index contributed by atoms with van der Waals surface area (Å²) in [5, 5.41) is 0. The minimum atomic E-state index is 0.241. The fourth-order valence-corrected chi connectivity index (χ4v) is 2.41. The molecule has 1 fully saturated rings. The van der Waals surface area contributed by atoms with Gasteiger partial charge in [0, 0.05) is 6.04 Å². The van der Waals surface area contributed by atoms with Gasteiger partial charge in [0.15, 0.2) is 0 Å². The molecule has 2 heteroatoms. The second kappa shape index (κ2) is 4.88. The van der Waals surface area contributed by atoms with Crippen LogP contribution in [-0.2, 0) is 0 Å². The topological polar surface area (TPSA) is 35.2 Å². The van der Waals surface area contributed by atoms with Gasteiger partial charge in [-0.2, -0.15) is 0 Å². The van der Waals surface area contributed by atoms with Crippen molar-refractivity contribution in [2.45, 2.75) is 51.2 Å². The highest BCUT2D eigenvalue weighted by Gasteiger charge is 2.22. The molecule has 0 aromatic heterocycles. The van der Waals surface area contributed by atoms with Crippen LogP contribution in [0.15, 0.2) is 24.3 Å². The molecule has 0 bridgehead atoms. The Kier molecular flexibility index (Phi) is 3.49. The first-order valence-electron chi connectivity index (χ1n) is 6.17. The van der Waals surface area contributed by atoms with E-state index in [1.807, 2.05) is 13.8 Å². The molecule has 0 heterocycles. The maximum Gasteiger partial charge on any atom is 0.119 e. The van der Waals surface area contributed by atoms with Gasteiger partial charge in [0.2, 0.25) is 0 Å². The molecule has 1 aromatic rings. The van der Waals surface area contributed by atoms with Gasteiger partial charge in [-0.3, -0.25) is 0 Å². The standard InChI is InChI=1S/C14H21NO/c1-10(2)16-14-7-4-11(5-8-14)12-3-6-13(15)9-12/h4-5,7-8,10,12-13H,3,6,9,15H2,1-2H3. The van der Waals surface area contributed by atoms with E-state index in [0.29, 0.717) is 12.0 Å². The number of rotatable bonds is 3. The van der Waals surface area contributed by atoms with Gasteiger partial charge in [0.1, 0.15) is 5.75 Å². The zero-order chi connectivity index (χ0) is 11.5. The fraction of sp³-hybridized carbons (Fsp3) is 0.571. The second-order valence-electron chi connectivity index (χ2n) is 5.01. The minimum Gasteiger partial charge on any atom is -0.491 e. The molecule has 0 aliphatic heterocycles. The van der Waals surface area contributed by atoms with E-state index in [2.05, 4.69) is 24.3 Å². The van der Waals surface area contributed by atoms with Gasteiger partial charge in [-0.1, -0.05) is 12.1 Å². The van der Waals surface area contributed by atoms with Crippen molar-refractivity contribution in [3.05, 3.63) is 29.8 Å². The van der Waals surface area contributed by atoms with Crippen LogP contribution < -0.4 is 10.5 Å². The molecule has 2 unspecified atom stereocenters. The number of hydrogen-bond donors (Lipinski definition) is 1. The van der Waals surface area contributed by atoms with Crippen molar-refractivity contribution < 1.29 is 4.74 Å². The van der Waals surface area contributed by atoms with E-state index in [4.69, 9.17) is 10.5 Å². The van der Waals surface area contributed by atoms with E-state index in [1.54, 1.807) is 0 Å². The maximum atomic E-state index is 5.93. The average Bonchev–Trinajstić information content (AvgIpc) is 2.65. The van der Waals surface area contributed by atoms with E-state index in [9.17, 15) is 0 Å². The molecule has 0 amide bonds. The molecule has 88 valence electrons. The summed E-state index contributed by atoms with van der Waals surface area (Å²) in [6.07, 6.45) is 3.76. The summed E-state index contributed by atoms with van der Waals surface area (Å²) < 4.78 is 5.63. The Morgan fingerprint density at radius 1 is 1.19 bits per heavy atom. The fourth-order valence-electron chi connectivity index (χ4n) is 2.41. The lowest BCUT2D eigenvalue weighted by Gasteiger charge is -2.13. The molecule has 1 aliphatic rings. The molecule has 1 saturated carbocycles. The van der Waals surface area contributed by atoms with E-state index < -0.39 is 0 Å². The van der Waals surface area contributed by atoms with E-state index in [1.165, 1.54) is 12.0 Å². The first-order chi connectivity index (χ1) is 7.65. The highest BCUT2D eigenvalue weighted by Crippen LogP contribution is 2.34. The van der Waals surface area contributed by atoms with Crippen LogP contribution in [0.25, 0.3) is 0 Å². The Bertz CT molecular complexity index is 331. The van der Waals surface area contributed by atoms with Crippen LogP contribution >= 0.6 is 0 Å². The minimum absolute atomic E-state index is 0.241. The lowest BCUT2D eigenvalue weighted by atomic mass is 9.97. The van der Waals surface area contributed by atoms with Crippen molar-refractivity contribution in [2.75, 3.05) is 0 Å². The van der Waals surface area contributed by atoms with Gasteiger partial charge in [0.25, 0.3) is 0 Å². The highest BCUT2D eigenvalue weighted by atomic mass is 16.5. The zero-order valence-corrected chi connectivity index (χ0v) is 10.1. The Hall–Kier alpha value is -1.02. The van der Waals surface area contributed by atoms with E-state index >= 15 is 0 Å². The Morgan fingerprint density at radius 3 is 2.38 bits per heavy atom. The first kappa shape index (κ1) is 11.5. The Morgan fingerprint density at radius 2 is 1.88 bits per heavy atom. The van der Waals surface area contributed by atoms with Crippen LogP contribution in [0.5, 0.6) is 5.75 Å². The first-order valence-corrected chi connectivity index (χ1v) is 6.17. The molecule has 2 N–H and O–H groups in total. The Labute approximate surface area is 97.8 Å². The van der Waals surface area contributed by atoms with Gasteiger partial charge < -0.3 is 10.5 Å². The SMILES string of the molecule is CC(C)Oc1ccc(C2CCC(N)C2)cc1. The zero-order valence-electron chi connectivity index (χ0n) is 10.1. The molecule has 2 atom stereocenters. The summed E-state index contributed by atoms with van der Waals surface area (Å²) in [6, 6.07) is 8.90. The number of hydrogen-bond acceptors (Lipinski definition) is 2. The molecular weight excluding hydrogens is 198 g/mol. The lowest BCUT2D eigenvalue weighted by Crippen LogP contribution is -2.14. The summed E-state index contributed by atoms with van der Waals surface area (Å²) in [5.41, 5.74) is 7.34. The summed E-state index contributed by atoms with van der Waals surface area (Å²) >= 11 is 0. The summed E-state index contributed by atoms with van der Waals surface area (Å²) in [7, 11) is 0. The quantitative estimate of drug-likeness (QED) is 0.848. The summed E-state index contributed by atoms with van der Waals surface area (Å²) in [4.78, 5) is 0. The van der Waals surface area contributed by atoms with Crippen LogP contribution in [-0.4, -0.2) is 12.1 Å². The smallest absolute Gasteiger partial charge is 0.119 e. The number of nitrogens with two attached hydrogens (primary N) is 1. The van der Waals surface area contributed by atoms with Crippen molar-refractivity contribution in [3.63, 3.8) is 0 Å². The summed E-state index contributed by atoms with van der Waals surface area (Å²) in [5.74, 6) is 1.61. The monoisotopic (exact) mass is 219 g/mol. The van der Waals surface area contributed by atoms with Crippen molar-refractivity contribution in [2.24, 2.45) is 5.73 Å². The predicted molar refractivity (Wildman–Crippen MR) is 66.8 cm³/mol. The van der Waals surface area contributed by atoms with Gasteiger partial charge in [-0.05, 0) is 56.7 Å². The molecule has 0 spiro atoms. The van der Waals surface area contributed by atoms with Crippen LogP contribution in [0.4, 0.5) is 0 Å². The van der Waals surface area contributed by atoms with Crippen LogP contribution in [0.1, 0.15) is 44.6 Å². The normalized spacial score (nSPS) is 25.0. The molecule has 2 nitrogen and oxygen atoms in total. The van der Waals surface area contributed by atoms with Crippen LogP contribution in [0, 0.1) is 0 Å². The van der Waals surface area contributed by atoms with Crippen molar-refractivity contribution in [1.82, 2.24) is 0 Å². The van der Waals surface area contributed by atoms with Crippen LogP contribution in [0.2, 0.25) is 0 Å². The van der Waals surface area contributed by atoms with Crippen molar-refractivity contribution >= 4 is 0 Å². The van der Waals surface area contributed by atoms with Gasteiger partial charge in [-0.25, -0.2) is 0 Å². The molecule has 1 aromatic carbocycles. The molecule has 2 rings (SSSR count). The van der Waals surface area contributed by atoms with Gasteiger partial charge in [-0.15, -0.1) is 0 Å². The number of ether oxygens (including phenoxy) is 1. The predicted octanol–water partition coefficient (Wildman–Crippen LogP) is 3.07. The third-order valence-electron chi connectivity index (χ3n) is 3.20. The summed E-state index contributed by atoms with van der Waals surface area (Å²) in [6.45, 7) is 4.09. The largest absolute Gasteiger partial charge is 0.491 e. The molecule has 16 heavy (non-hydrogen) atoms. The van der Waals surface area contributed by atoms with Gasteiger partial charge in [0.05, 0.1) is 6.10 Å². The van der Waals surface area contributed by atoms with Crippen molar-refractivity contribution in [1.29, 1.82) is 0 Å². The maximum absolute atomic E-state index is 5.93. The average molecular weight is 219 g/mol. The van der Waals surface area contributed by atoms with E-state index in [-0.39, 0.29) is 6.10 Å². The third kappa shape index (κ3) is 2.76. The van der Waals surface area contributed by atoms with Gasteiger partial charge >= 0.3 is 0 Å². The molecule has 0 radical (unpaired) electrons. The second-order valence-corrected chi connectivity index (χ2v) is 5.01. The van der Waals surface area contributed by atoms with Crippen molar-refractivity contribution in [3.8, 4) is 5.75 Å². The highest BCUT2D eigenvalue weighted by molar-refractivity contribution is 5.30. The van der Waals surface area contributed by atoms with E-state index in [0.717, 1.165) is 18.6 Å². The molecule has 1 aliphatic carbocycles. The number of benzene rings is 1. The molecule has 0 saturated heterocycles. The van der Waals surface area contributed by atoms with Crippen LogP contribution in [0.3, 0.4) is 0 Å². The molecular formula is C14H21NO. The Balaban J connectivity index is 2.02. The third-order valence-corrected chi connectivity index (χ3v) is 3.20. The lowest BCUT2D eigenvalue weighted by molar-refractivity contribution is 0.242.